The highest BCUT2D eigenvalue weighted by Crippen LogP contribution is 2.18. The largest absolute Gasteiger partial charge is 0.363 e. The van der Waals surface area contributed by atoms with E-state index in [2.05, 4.69) is 11.5 Å². The Labute approximate surface area is 101 Å². The number of nitrogens with two attached hydrogens (primary N) is 1. The summed E-state index contributed by atoms with van der Waals surface area (Å²) < 4.78 is 0. The van der Waals surface area contributed by atoms with E-state index in [1.165, 1.54) is 0 Å². The molecule has 3 N–H and O–H groups in total. The van der Waals surface area contributed by atoms with Gasteiger partial charge in [-0.1, -0.05) is 13.0 Å². The monoisotopic (exact) mass is 232 g/mol. The molecule has 0 saturated carbocycles. The van der Waals surface area contributed by atoms with E-state index in [0.29, 0.717) is 12.0 Å². The second-order valence-electron chi connectivity index (χ2n) is 3.71. The summed E-state index contributed by atoms with van der Waals surface area (Å²) in [7, 11) is 1.81. The van der Waals surface area contributed by atoms with Crippen LogP contribution in [0, 0.1) is 11.3 Å². The van der Waals surface area contributed by atoms with Gasteiger partial charge in [0.15, 0.2) is 0 Å². The molecule has 1 amide bonds. The van der Waals surface area contributed by atoms with E-state index in [-0.39, 0.29) is 11.9 Å². The Kier molecular flexibility index (Phi) is 4.49. The number of carbonyl (C=O) groups excluding carboxylic acids is 1. The van der Waals surface area contributed by atoms with Gasteiger partial charge in [0.1, 0.15) is 6.04 Å². The van der Waals surface area contributed by atoms with E-state index >= 15 is 0 Å². The zero-order valence-corrected chi connectivity index (χ0v) is 9.97. The molecule has 0 spiro atoms. The Morgan fingerprint density at radius 2 is 2.35 bits per heavy atom. The lowest BCUT2D eigenvalue weighted by Crippen LogP contribution is -2.47. The average Bonchev–Trinajstić information content (AvgIpc) is 2.39. The van der Waals surface area contributed by atoms with Crippen LogP contribution in [0.3, 0.4) is 0 Å². The van der Waals surface area contributed by atoms with Crippen LogP contribution in [0.2, 0.25) is 0 Å². The molecule has 1 atom stereocenters. The van der Waals surface area contributed by atoms with Crippen molar-refractivity contribution in [3.8, 4) is 6.07 Å². The van der Waals surface area contributed by atoms with Crippen molar-refractivity contribution in [1.82, 2.24) is 5.43 Å². The van der Waals surface area contributed by atoms with Gasteiger partial charge in [-0.05, 0) is 24.6 Å². The predicted molar refractivity (Wildman–Crippen MR) is 66.0 cm³/mol. The van der Waals surface area contributed by atoms with Crippen LogP contribution in [0.4, 0.5) is 5.69 Å². The van der Waals surface area contributed by atoms with Crippen molar-refractivity contribution < 1.29 is 4.79 Å². The van der Waals surface area contributed by atoms with Crippen LogP contribution < -0.4 is 16.2 Å². The maximum absolute atomic E-state index is 11.6. The fraction of sp³-hybridized carbons (Fsp3) is 0.333. The molecule has 1 unspecified atom stereocenters. The summed E-state index contributed by atoms with van der Waals surface area (Å²) in [5, 5.41) is 8.83. The summed E-state index contributed by atoms with van der Waals surface area (Å²) in [6.07, 6.45) is 0.635. The number of hydrogen-bond donors (Lipinski definition) is 2. The van der Waals surface area contributed by atoms with Crippen LogP contribution in [0.1, 0.15) is 18.9 Å². The Morgan fingerprint density at radius 1 is 1.65 bits per heavy atom. The molecule has 0 aliphatic rings. The van der Waals surface area contributed by atoms with Gasteiger partial charge in [0, 0.05) is 12.7 Å². The quantitative estimate of drug-likeness (QED) is 0.456. The number of nitrogens with zero attached hydrogens (tertiary/aromatic N) is 2. The van der Waals surface area contributed by atoms with Crippen LogP contribution in [0.25, 0.3) is 0 Å². The van der Waals surface area contributed by atoms with Gasteiger partial charge in [-0.25, -0.2) is 5.84 Å². The van der Waals surface area contributed by atoms with Gasteiger partial charge in [-0.15, -0.1) is 0 Å². The maximum Gasteiger partial charge on any atom is 0.256 e. The second-order valence-corrected chi connectivity index (χ2v) is 3.71. The van der Waals surface area contributed by atoms with Crippen molar-refractivity contribution in [1.29, 1.82) is 5.26 Å². The number of nitriles is 1. The summed E-state index contributed by atoms with van der Waals surface area (Å²) in [5.74, 6) is 4.90. The normalized spacial score (nSPS) is 11.4. The SMILES string of the molecule is CCC(C(=O)NN)N(C)c1cccc(C#N)c1. The molecule has 0 fully saturated rings. The number of amides is 1. The van der Waals surface area contributed by atoms with Crippen LogP contribution >= 0.6 is 0 Å². The highest BCUT2D eigenvalue weighted by Gasteiger charge is 2.20. The fourth-order valence-electron chi connectivity index (χ4n) is 1.71. The first-order valence-corrected chi connectivity index (χ1v) is 5.37. The number of hydrogen-bond acceptors (Lipinski definition) is 4. The molecule has 90 valence electrons. The molecule has 0 saturated heterocycles. The molecule has 0 bridgehead atoms. The smallest absolute Gasteiger partial charge is 0.256 e. The molecule has 1 aromatic rings. The van der Waals surface area contributed by atoms with Gasteiger partial charge >= 0.3 is 0 Å². The average molecular weight is 232 g/mol. The van der Waals surface area contributed by atoms with Gasteiger partial charge < -0.3 is 4.90 Å². The van der Waals surface area contributed by atoms with Gasteiger partial charge in [0.2, 0.25) is 0 Å². The van der Waals surface area contributed by atoms with E-state index < -0.39 is 0 Å². The number of likely N-dealkylation sites (N-methyl/N-ethyl adjacent to an activating group) is 1. The van der Waals surface area contributed by atoms with Crippen LogP contribution in [0.15, 0.2) is 24.3 Å². The highest BCUT2D eigenvalue weighted by atomic mass is 16.2. The van der Waals surface area contributed by atoms with Crippen LogP contribution in [-0.4, -0.2) is 19.0 Å². The maximum atomic E-state index is 11.6. The van der Waals surface area contributed by atoms with E-state index in [4.69, 9.17) is 11.1 Å². The summed E-state index contributed by atoms with van der Waals surface area (Å²) in [6, 6.07) is 8.84. The summed E-state index contributed by atoms with van der Waals surface area (Å²) in [5.41, 5.74) is 3.54. The molecule has 0 radical (unpaired) electrons. The summed E-state index contributed by atoms with van der Waals surface area (Å²) in [6.45, 7) is 1.91. The van der Waals surface area contributed by atoms with Gasteiger partial charge in [0.25, 0.3) is 5.91 Å². The van der Waals surface area contributed by atoms with Crippen LogP contribution in [-0.2, 0) is 4.79 Å². The molecule has 0 aliphatic heterocycles. The second kappa shape index (κ2) is 5.87. The highest BCUT2D eigenvalue weighted by molar-refractivity contribution is 5.84. The third-order valence-electron chi connectivity index (χ3n) is 2.68. The van der Waals surface area contributed by atoms with Crippen molar-refractivity contribution in [3.63, 3.8) is 0 Å². The minimum atomic E-state index is -0.339. The predicted octanol–water partition coefficient (Wildman–Crippen LogP) is 0.763. The molecular formula is C12H16N4O. The Bertz CT molecular complexity index is 438. The lowest BCUT2D eigenvalue weighted by molar-refractivity contribution is -0.122. The molecule has 0 heterocycles. The first-order chi connectivity index (χ1) is 8.13. The van der Waals surface area contributed by atoms with Crippen molar-refractivity contribution in [2.45, 2.75) is 19.4 Å². The minimum absolute atomic E-state index is 0.239. The molecule has 1 aromatic carbocycles. The van der Waals surface area contributed by atoms with Crippen molar-refractivity contribution >= 4 is 11.6 Å². The Morgan fingerprint density at radius 3 is 2.88 bits per heavy atom. The molecule has 1 rings (SSSR count). The first kappa shape index (κ1) is 13.0. The molecule has 5 nitrogen and oxygen atoms in total. The van der Waals surface area contributed by atoms with Crippen molar-refractivity contribution in [2.75, 3.05) is 11.9 Å². The Hall–Kier alpha value is -2.06. The summed E-state index contributed by atoms with van der Waals surface area (Å²) in [4.78, 5) is 13.4. The first-order valence-electron chi connectivity index (χ1n) is 5.37. The van der Waals surface area contributed by atoms with E-state index in [9.17, 15) is 4.79 Å². The molecule has 0 aromatic heterocycles. The third kappa shape index (κ3) is 2.95. The minimum Gasteiger partial charge on any atom is -0.363 e. The Balaban J connectivity index is 2.97. The summed E-state index contributed by atoms with van der Waals surface area (Å²) >= 11 is 0. The topological polar surface area (TPSA) is 82.2 Å². The number of hydrazine groups is 1. The zero-order chi connectivity index (χ0) is 12.8. The fourth-order valence-corrected chi connectivity index (χ4v) is 1.71. The van der Waals surface area contributed by atoms with Gasteiger partial charge in [-0.3, -0.25) is 10.2 Å². The molecule has 17 heavy (non-hydrogen) atoms. The number of carbonyl (C=O) groups is 1. The third-order valence-corrected chi connectivity index (χ3v) is 2.68. The van der Waals surface area contributed by atoms with E-state index in [1.54, 1.807) is 25.2 Å². The lowest BCUT2D eigenvalue weighted by atomic mass is 10.1. The van der Waals surface area contributed by atoms with Crippen LogP contribution in [0.5, 0.6) is 0 Å². The zero-order valence-electron chi connectivity index (χ0n) is 9.97. The number of benzene rings is 1. The standard InChI is InChI=1S/C12H16N4O/c1-3-11(12(17)15-14)16(2)10-6-4-5-9(7-10)8-13/h4-7,11H,3,14H2,1-2H3,(H,15,17). The molecular weight excluding hydrogens is 216 g/mol. The molecule has 0 aliphatic carbocycles. The number of rotatable bonds is 4. The van der Waals surface area contributed by atoms with Gasteiger partial charge in [-0.2, -0.15) is 5.26 Å². The lowest BCUT2D eigenvalue weighted by Gasteiger charge is -2.27. The molecule has 5 heteroatoms. The van der Waals surface area contributed by atoms with Gasteiger partial charge in [0.05, 0.1) is 11.6 Å². The van der Waals surface area contributed by atoms with Crippen molar-refractivity contribution in [3.05, 3.63) is 29.8 Å². The van der Waals surface area contributed by atoms with E-state index in [0.717, 1.165) is 5.69 Å². The number of anilines is 1. The number of nitrogens with one attached hydrogen (secondary N) is 1. The van der Waals surface area contributed by atoms with E-state index in [1.807, 2.05) is 17.9 Å². The van der Waals surface area contributed by atoms with Crippen molar-refractivity contribution in [2.24, 2.45) is 5.84 Å².